The van der Waals surface area contributed by atoms with Crippen LogP contribution in [0.1, 0.15) is 30.4 Å². The number of sulfonamides is 1. The standard InChI is InChI=1S/C28H26N6O8S3/c35-25-23(27(36)34(15-17-8-4-9-17)30-24(25)21-10-5-13-43-21)26-29-20-12-11-19(14-22(20)44(38,39)32-26)31-45(40,41)33-28(37)42-16-18-6-2-1-3-7-18/h1-3,5-7,10-14,17,31,35H,4,8-9,15-16H2,(H,29,32)(H,33,37). The maximum absolute atomic E-state index is 13.5. The van der Waals surface area contributed by atoms with Gasteiger partial charge in [-0.1, -0.05) is 42.8 Å². The van der Waals surface area contributed by atoms with Gasteiger partial charge in [0.2, 0.25) is 0 Å². The van der Waals surface area contributed by atoms with Crippen molar-refractivity contribution in [3.63, 3.8) is 0 Å². The number of amidine groups is 1. The Morgan fingerprint density at radius 3 is 2.60 bits per heavy atom. The predicted octanol–water partition coefficient (Wildman–Crippen LogP) is 3.62. The number of hydrogen-bond donors (Lipinski definition) is 4. The van der Waals surface area contributed by atoms with Gasteiger partial charge in [-0.15, -0.1) is 15.7 Å². The van der Waals surface area contributed by atoms with E-state index >= 15 is 0 Å². The first kappa shape index (κ1) is 30.3. The van der Waals surface area contributed by atoms with Crippen LogP contribution in [0.5, 0.6) is 5.75 Å². The number of nitrogens with one attached hydrogen (secondary N) is 3. The first-order chi connectivity index (χ1) is 21.5. The number of anilines is 2. The zero-order valence-corrected chi connectivity index (χ0v) is 25.8. The van der Waals surface area contributed by atoms with Crippen LogP contribution in [-0.2, 0) is 38.1 Å². The molecule has 0 bridgehead atoms. The van der Waals surface area contributed by atoms with Crippen LogP contribution in [0.25, 0.3) is 10.6 Å². The van der Waals surface area contributed by atoms with Crippen LogP contribution in [0.4, 0.5) is 16.2 Å². The number of aromatic hydroxyl groups is 1. The fraction of sp³-hybridized carbons (Fsp3) is 0.214. The summed E-state index contributed by atoms with van der Waals surface area (Å²) < 4.78 is 65.4. The Labute approximate surface area is 261 Å². The van der Waals surface area contributed by atoms with E-state index in [1.807, 2.05) is 0 Å². The summed E-state index contributed by atoms with van der Waals surface area (Å²) in [6, 6.07) is 15.6. The van der Waals surface area contributed by atoms with Crippen LogP contribution in [0.15, 0.2) is 80.1 Å². The van der Waals surface area contributed by atoms with E-state index in [0.29, 0.717) is 17.0 Å². The van der Waals surface area contributed by atoms with Crippen molar-refractivity contribution in [2.75, 3.05) is 10.0 Å². The molecule has 45 heavy (non-hydrogen) atoms. The van der Waals surface area contributed by atoms with Crippen molar-refractivity contribution < 1.29 is 31.5 Å². The fourth-order valence-corrected chi connectivity index (χ4v) is 7.40. The molecule has 1 aliphatic carbocycles. The SMILES string of the molecule is O=C(NS(=O)(=O)Nc1ccc2c(c1)S(=O)(=O)N=C(c1c(O)c(-c3cccs3)nn(CC3CCC3)c1=O)N2)OCc1ccccc1. The van der Waals surface area contributed by atoms with Crippen LogP contribution in [0, 0.1) is 5.92 Å². The summed E-state index contributed by atoms with van der Waals surface area (Å²) in [6.07, 6.45) is 1.65. The molecule has 0 saturated heterocycles. The topological polar surface area (TPSA) is 198 Å². The number of carbonyl (C=O) groups is 1. The molecule has 2 aromatic heterocycles. The highest BCUT2D eigenvalue weighted by Crippen LogP contribution is 2.36. The van der Waals surface area contributed by atoms with Crippen molar-refractivity contribution in [1.29, 1.82) is 0 Å². The molecule has 1 aliphatic heterocycles. The Bertz CT molecular complexity index is 2080. The minimum absolute atomic E-state index is 0.0167. The summed E-state index contributed by atoms with van der Waals surface area (Å²) in [5.41, 5.74) is -0.520. The summed E-state index contributed by atoms with van der Waals surface area (Å²) in [5.74, 6) is -0.688. The van der Waals surface area contributed by atoms with E-state index in [0.717, 1.165) is 25.3 Å². The molecule has 17 heteroatoms. The summed E-state index contributed by atoms with van der Waals surface area (Å²) >= 11 is 1.29. The van der Waals surface area contributed by atoms with Crippen LogP contribution in [-0.4, -0.2) is 43.7 Å². The highest BCUT2D eigenvalue weighted by molar-refractivity contribution is 7.91. The number of nitrogens with zero attached hydrogens (tertiary/aromatic N) is 3. The lowest BCUT2D eigenvalue weighted by Crippen LogP contribution is -2.36. The van der Waals surface area contributed by atoms with Crippen LogP contribution in [0.3, 0.4) is 0 Å². The normalized spacial score (nSPS) is 15.6. The third kappa shape index (κ3) is 6.54. The molecule has 2 aliphatic rings. The Kier molecular flexibility index (Phi) is 8.07. The van der Waals surface area contributed by atoms with Crippen LogP contribution < -0.4 is 20.3 Å². The number of hydrogen-bond acceptors (Lipinski definition) is 11. The van der Waals surface area contributed by atoms with Gasteiger partial charge in [-0.2, -0.15) is 21.9 Å². The van der Waals surface area contributed by atoms with Crippen molar-refractivity contribution in [2.45, 2.75) is 37.3 Å². The molecule has 3 heterocycles. The molecule has 0 spiro atoms. The van der Waals surface area contributed by atoms with Gasteiger partial charge < -0.3 is 15.2 Å². The van der Waals surface area contributed by atoms with Gasteiger partial charge in [-0.05, 0) is 54.0 Å². The lowest BCUT2D eigenvalue weighted by atomic mass is 9.85. The van der Waals surface area contributed by atoms with E-state index in [1.54, 1.807) is 52.6 Å². The van der Waals surface area contributed by atoms with Gasteiger partial charge in [0.05, 0.1) is 16.3 Å². The molecule has 2 aromatic carbocycles. The zero-order valence-electron chi connectivity index (χ0n) is 23.3. The largest absolute Gasteiger partial charge is 0.505 e. The molecule has 0 unspecified atom stereocenters. The molecule has 6 rings (SSSR count). The second-order valence-corrected chi connectivity index (χ2v) is 14.3. The number of benzene rings is 2. The van der Waals surface area contributed by atoms with Gasteiger partial charge in [0.1, 0.15) is 22.8 Å². The van der Waals surface area contributed by atoms with Crippen LogP contribution in [0.2, 0.25) is 0 Å². The number of ether oxygens (including phenoxy) is 1. The van der Waals surface area contributed by atoms with E-state index in [9.17, 15) is 31.5 Å². The molecule has 1 fully saturated rings. The molecule has 14 nitrogen and oxygen atoms in total. The third-order valence-electron chi connectivity index (χ3n) is 7.18. The summed E-state index contributed by atoms with van der Waals surface area (Å²) in [6.45, 7) is 0.136. The summed E-state index contributed by atoms with van der Waals surface area (Å²) in [5, 5.41) is 20.1. The second-order valence-electron chi connectivity index (χ2n) is 10.4. The number of carbonyl (C=O) groups excluding carboxylic acids is 1. The second kappa shape index (κ2) is 12.0. The molecular formula is C28H26N6O8S3. The van der Waals surface area contributed by atoms with Gasteiger partial charge >= 0.3 is 16.3 Å². The average molecular weight is 671 g/mol. The van der Waals surface area contributed by atoms with E-state index in [1.165, 1.54) is 28.2 Å². The molecule has 1 saturated carbocycles. The van der Waals surface area contributed by atoms with Crippen molar-refractivity contribution >= 4 is 54.9 Å². The Morgan fingerprint density at radius 2 is 1.91 bits per heavy atom. The number of aromatic nitrogens is 2. The molecule has 4 aromatic rings. The van der Waals surface area contributed by atoms with Gasteiger partial charge in [-0.3, -0.25) is 9.52 Å². The lowest BCUT2D eigenvalue weighted by Gasteiger charge is -2.26. The van der Waals surface area contributed by atoms with Gasteiger partial charge in [0.25, 0.3) is 15.6 Å². The molecule has 0 atom stereocenters. The first-order valence-electron chi connectivity index (χ1n) is 13.6. The van der Waals surface area contributed by atoms with Gasteiger partial charge in [0, 0.05) is 6.54 Å². The van der Waals surface area contributed by atoms with Crippen molar-refractivity contribution in [2.24, 2.45) is 10.3 Å². The Balaban J connectivity index is 1.26. The third-order valence-corrected chi connectivity index (χ3v) is 10.3. The number of thiophene rings is 1. The van der Waals surface area contributed by atoms with E-state index in [-0.39, 0.29) is 35.2 Å². The monoisotopic (exact) mass is 670 g/mol. The maximum Gasteiger partial charge on any atom is 0.422 e. The summed E-state index contributed by atoms with van der Waals surface area (Å²) in [7, 11) is -9.02. The van der Waals surface area contributed by atoms with E-state index < -0.39 is 48.4 Å². The Morgan fingerprint density at radius 1 is 1.13 bits per heavy atom. The van der Waals surface area contributed by atoms with E-state index in [2.05, 4.69) is 19.5 Å². The lowest BCUT2D eigenvalue weighted by molar-refractivity contribution is 0.146. The minimum atomic E-state index is -4.51. The molecule has 1 amide bonds. The molecule has 234 valence electrons. The van der Waals surface area contributed by atoms with Crippen molar-refractivity contribution in [3.8, 4) is 16.3 Å². The molecule has 4 N–H and O–H groups in total. The first-order valence-corrected chi connectivity index (χ1v) is 17.4. The summed E-state index contributed by atoms with van der Waals surface area (Å²) in [4.78, 5) is 25.8. The van der Waals surface area contributed by atoms with Crippen molar-refractivity contribution in [3.05, 3.63) is 87.5 Å². The van der Waals surface area contributed by atoms with Crippen LogP contribution >= 0.6 is 11.3 Å². The average Bonchev–Trinajstić information content (AvgIpc) is 3.50. The van der Waals surface area contributed by atoms with E-state index in [4.69, 9.17) is 4.74 Å². The smallest absolute Gasteiger partial charge is 0.422 e. The van der Waals surface area contributed by atoms with Gasteiger partial charge in [-0.25, -0.2) is 14.2 Å². The van der Waals surface area contributed by atoms with Crippen molar-refractivity contribution in [1.82, 2.24) is 14.5 Å². The minimum Gasteiger partial charge on any atom is -0.505 e. The zero-order chi connectivity index (χ0) is 31.8. The van der Waals surface area contributed by atoms with Gasteiger partial charge in [0.15, 0.2) is 11.6 Å². The highest BCUT2D eigenvalue weighted by atomic mass is 32.2. The Hall–Kier alpha value is -4.74. The molecule has 0 radical (unpaired) electrons. The fourth-order valence-electron chi connectivity index (χ4n) is 4.77. The number of fused-ring (bicyclic) bond motifs is 1. The predicted molar refractivity (Wildman–Crippen MR) is 167 cm³/mol. The maximum atomic E-state index is 13.5. The number of amides is 1. The number of rotatable bonds is 9. The quantitative estimate of drug-likeness (QED) is 0.204. The molecular weight excluding hydrogens is 645 g/mol. The highest BCUT2D eigenvalue weighted by Gasteiger charge is 2.32.